The van der Waals surface area contributed by atoms with E-state index in [9.17, 15) is 4.79 Å². The molecule has 0 spiro atoms. The summed E-state index contributed by atoms with van der Waals surface area (Å²) in [6.07, 6.45) is 9.32. The summed E-state index contributed by atoms with van der Waals surface area (Å²) in [5, 5.41) is 1.23. The molecule has 1 amide bonds. The second kappa shape index (κ2) is 4.62. The summed E-state index contributed by atoms with van der Waals surface area (Å²) in [4.78, 5) is 15.5. The molecule has 0 bridgehead atoms. The van der Waals surface area contributed by atoms with Crippen LogP contribution < -0.4 is 0 Å². The van der Waals surface area contributed by atoms with Crippen LogP contribution in [0.4, 0.5) is 0 Å². The van der Waals surface area contributed by atoms with Gasteiger partial charge in [0.25, 0.3) is 5.91 Å². The van der Waals surface area contributed by atoms with Gasteiger partial charge in [0, 0.05) is 36.9 Å². The standard InChI is InChI=1S/C16H20N2OS/c1-11-4-6-17(7-5-11)16(19)14-8-12-9-18(13-2-3-13)10-15(12)20-14/h8-11,13H,2-7H2,1H3. The number of fused-ring (bicyclic) bond motifs is 1. The molecule has 4 rings (SSSR count). The zero-order valence-corrected chi connectivity index (χ0v) is 12.7. The van der Waals surface area contributed by atoms with E-state index in [4.69, 9.17) is 0 Å². The maximum Gasteiger partial charge on any atom is 0.263 e. The number of likely N-dealkylation sites (tertiary alicyclic amines) is 1. The number of amides is 1. The zero-order valence-electron chi connectivity index (χ0n) is 11.8. The monoisotopic (exact) mass is 288 g/mol. The van der Waals surface area contributed by atoms with E-state index >= 15 is 0 Å². The van der Waals surface area contributed by atoms with Crippen molar-refractivity contribution >= 4 is 27.3 Å². The summed E-state index contributed by atoms with van der Waals surface area (Å²) < 4.78 is 3.57. The van der Waals surface area contributed by atoms with Crippen molar-refractivity contribution in [3.63, 3.8) is 0 Å². The number of thiophene rings is 1. The number of carbonyl (C=O) groups excluding carboxylic acids is 1. The molecule has 106 valence electrons. The van der Waals surface area contributed by atoms with Crippen LogP contribution in [0.2, 0.25) is 0 Å². The van der Waals surface area contributed by atoms with Gasteiger partial charge in [-0.1, -0.05) is 6.92 Å². The molecule has 3 nitrogen and oxygen atoms in total. The minimum absolute atomic E-state index is 0.232. The van der Waals surface area contributed by atoms with Gasteiger partial charge >= 0.3 is 0 Å². The number of hydrogen-bond donors (Lipinski definition) is 0. The molecule has 20 heavy (non-hydrogen) atoms. The second-order valence-electron chi connectivity index (χ2n) is 6.34. The van der Waals surface area contributed by atoms with E-state index < -0.39 is 0 Å². The van der Waals surface area contributed by atoms with Crippen LogP contribution in [-0.2, 0) is 0 Å². The molecule has 2 aliphatic rings. The molecular weight excluding hydrogens is 268 g/mol. The summed E-state index contributed by atoms with van der Waals surface area (Å²) in [6, 6.07) is 2.80. The molecule has 0 radical (unpaired) electrons. The molecule has 1 aliphatic heterocycles. The maximum absolute atomic E-state index is 12.5. The molecule has 2 aromatic rings. The number of piperidine rings is 1. The Bertz CT molecular complexity index is 613. The van der Waals surface area contributed by atoms with Gasteiger partial charge < -0.3 is 9.47 Å². The predicted octanol–water partition coefficient (Wildman–Crippen LogP) is 3.91. The average Bonchev–Trinajstić information content (AvgIpc) is 3.10. The molecule has 0 atom stereocenters. The molecule has 0 N–H and O–H groups in total. The Balaban J connectivity index is 1.55. The highest BCUT2D eigenvalue weighted by Gasteiger charge is 2.25. The van der Waals surface area contributed by atoms with Gasteiger partial charge in [0.15, 0.2) is 0 Å². The molecule has 4 heteroatoms. The highest BCUT2D eigenvalue weighted by Crippen LogP contribution is 2.38. The summed E-state index contributed by atoms with van der Waals surface area (Å²) >= 11 is 1.65. The van der Waals surface area contributed by atoms with Gasteiger partial charge in [-0.3, -0.25) is 4.79 Å². The molecule has 3 heterocycles. The van der Waals surface area contributed by atoms with Gasteiger partial charge in [0.05, 0.1) is 9.58 Å². The van der Waals surface area contributed by atoms with Gasteiger partial charge in [-0.15, -0.1) is 11.3 Å². The van der Waals surface area contributed by atoms with Crippen molar-refractivity contribution in [1.29, 1.82) is 0 Å². The average molecular weight is 288 g/mol. The zero-order chi connectivity index (χ0) is 13.7. The minimum Gasteiger partial charge on any atom is -0.349 e. The largest absolute Gasteiger partial charge is 0.349 e. The first kappa shape index (κ1) is 12.5. The lowest BCUT2D eigenvalue weighted by Crippen LogP contribution is -2.37. The third-order valence-electron chi connectivity index (χ3n) is 4.60. The number of hydrogen-bond acceptors (Lipinski definition) is 2. The Morgan fingerprint density at radius 1 is 1.20 bits per heavy atom. The van der Waals surface area contributed by atoms with Gasteiger partial charge in [-0.2, -0.15) is 0 Å². The Labute approximate surface area is 123 Å². The van der Waals surface area contributed by atoms with Gasteiger partial charge in [-0.25, -0.2) is 0 Å². The normalized spacial score (nSPS) is 20.8. The van der Waals surface area contributed by atoms with E-state index in [1.54, 1.807) is 11.3 Å². The molecule has 1 saturated carbocycles. The SMILES string of the molecule is CC1CCN(C(=O)c2cc3cn(C4CC4)cc3s2)CC1. The Hall–Kier alpha value is -1.29. The molecular formula is C16H20N2OS. The summed E-state index contributed by atoms with van der Waals surface area (Å²) in [6.45, 7) is 4.12. The lowest BCUT2D eigenvalue weighted by Gasteiger charge is -2.29. The maximum atomic E-state index is 12.5. The van der Waals surface area contributed by atoms with Crippen LogP contribution in [0.25, 0.3) is 10.1 Å². The van der Waals surface area contributed by atoms with Gasteiger partial charge in [0.1, 0.15) is 0 Å². The minimum atomic E-state index is 0.232. The van der Waals surface area contributed by atoms with Crippen LogP contribution in [-0.4, -0.2) is 28.5 Å². The van der Waals surface area contributed by atoms with E-state index in [1.165, 1.54) is 22.9 Å². The third kappa shape index (κ3) is 2.16. The van der Waals surface area contributed by atoms with Gasteiger partial charge in [0.2, 0.25) is 0 Å². The van der Waals surface area contributed by atoms with Crippen molar-refractivity contribution < 1.29 is 4.79 Å². The van der Waals surface area contributed by atoms with E-state index in [2.05, 4.69) is 30.0 Å². The fraction of sp³-hybridized carbons (Fsp3) is 0.562. The highest BCUT2D eigenvalue weighted by atomic mass is 32.1. The molecule has 0 unspecified atom stereocenters. The lowest BCUT2D eigenvalue weighted by molar-refractivity contribution is 0.0702. The van der Waals surface area contributed by atoms with E-state index in [0.717, 1.165) is 42.8 Å². The fourth-order valence-corrected chi connectivity index (χ4v) is 4.05. The third-order valence-corrected chi connectivity index (χ3v) is 5.67. The highest BCUT2D eigenvalue weighted by molar-refractivity contribution is 7.20. The smallest absolute Gasteiger partial charge is 0.263 e. The number of nitrogens with zero attached hydrogens (tertiary/aromatic N) is 2. The van der Waals surface area contributed by atoms with Crippen LogP contribution >= 0.6 is 11.3 Å². The molecule has 0 aromatic carbocycles. The van der Waals surface area contributed by atoms with E-state index in [0.29, 0.717) is 0 Å². The van der Waals surface area contributed by atoms with Crippen molar-refractivity contribution in [2.45, 2.75) is 38.6 Å². The first-order valence-electron chi connectivity index (χ1n) is 7.61. The summed E-state index contributed by atoms with van der Waals surface area (Å²) in [5.41, 5.74) is 0. The van der Waals surface area contributed by atoms with Crippen molar-refractivity contribution in [2.24, 2.45) is 5.92 Å². The summed E-state index contributed by atoms with van der Waals surface area (Å²) in [5.74, 6) is 0.997. The van der Waals surface area contributed by atoms with Crippen molar-refractivity contribution in [2.75, 3.05) is 13.1 Å². The van der Waals surface area contributed by atoms with Crippen LogP contribution in [0.1, 0.15) is 48.3 Å². The van der Waals surface area contributed by atoms with Crippen molar-refractivity contribution in [3.8, 4) is 0 Å². The summed E-state index contributed by atoms with van der Waals surface area (Å²) in [7, 11) is 0. The van der Waals surface area contributed by atoms with Crippen LogP contribution in [0.3, 0.4) is 0 Å². The molecule has 1 aliphatic carbocycles. The number of carbonyl (C=O) groups is 1. The Morgan fingerprint density at radius 3 is 2.60 bits per heavy atom. The van der Waals surface area contributed by atoms with Crippen molar-refractivity contribution in [3.05, 3.63) is 23.3 Å². The topological polar surface area (TPSA) is 25.2 Å². The molecule has 1 saturated heterocycles. The van der Waals surface area contributed by atoms with Gasteiger partial charge in [-0.05, 0) is 37.7 Å². The quantitative estimate of drug-likeness (QED) is 0.822. The Kier molecular flexibility index (Phi) is 2.88. The number of rotatable bonds is 2. The first-order chi connectivity index (χ1) is 9.70. The van der Waals surface area contributed by atoms with Crippen LogP contribution in [0.5, 0.6) is 0 Å². The lowest BCUT2D eigenvalue weighted by atomic mass is 9.99. The first-order valence-corrected chi connectivity index (χ1v) is 8.42. The second-order valence-corrected chi connectivity index (χ2v) is 7.43. The van der Waals surface area contributed by atoms with Crippen LogP contribution in [0.15, 0.2) is 18.5 Å². The predicted molar refractivity (Wildman–Crippen MR) is 82.4 cm³/mol. The molecule has 2 aromatic heterocycles. The van der Waals surface area contributed by atoms with E-state index in [1.807, 2.05) is 4.90 Å². The van der Waals surface area contributed by atoms with E-state index in [-0.39, 0.29) is 5.91 Å². The number of aromatic nitrogens is 1. The fourth-order valence-electron chi connectivity index (χ4n) is 3.01. The van der Waals surface area contributed by atoms with Crippen LogP contribution in [0, 0.1) is 5.92 Å². The van der Waals surface area contributed by atoms with Crippen molar-refractivity contribution in [1.82, 2.24) is 9.47 Å². The molecule has 2 fully saturated rings. The Morgan fingerprint density at radius 2 is 1.95 bits per heavy atom.